The van der Waals surface area contributed by atoms with E-state index in [1.165, 1.54) is 24.8 Å². The quantitative estimate of drug-likeness (QED) is 0.633. The van der Waals surface area contributed by atoms with E-state index in [2.05, 4.69) is 35.1 Å². The SMILES string of the molecule is CCCCCNCc1cc(OC)c(OCCC)cc1Br. The summed E-state index contributed by atoms with van der Waals surface area (Å²) in [5, 5.41) is 3.46. The maximum atomic E-state index is 5.70. The molecule has 0 saturated carbocycles. The molecule has 0 aliphatic carbocycles. The molecule has 0 aliphatic rings. The molecule has 0 aromatic heterocycles. The van der Waals surface area contributed by atoms with Crippen molar-refractivity contribution in [2.75, 3.05) is 20.3 Å². The van der Waals surface area contributed by atoms with Crippen molar-refractivity contribution >= 4 is 15.9 Å². The topological polar surface area (TPSA) is 30.5 Å². The number of rotatable bonds is 10. The predicted octanol–water partition coefficient (Wildman–Crippen LogP) is 4.53. The van der Waals surface area contributed by atoms with Crippen molar-refractivity contribution < 1.29 is 9.47 Å². The molecule has 4 heteroatoms. The molecule has 0 atom stereocenters. The minimum Gasteiger partial charge on any atom is -0.493 e. The Hall–Kier alpha value is -0.740. The van der Waals surface area contributed by atoms with Crippen LogP contribution in [0.25, 0.3) is 0 Å². The van der Waals surface area contributed by atoms with Crippen molar-refractivity contribution in [3.63, 3.8) is 0 Å². The molecule has 1 aromatic carbocycles. The lowest BCUT2D eigenvalue weighted by Gasteiger charge is -2.14. The fourth-order valence-corrected chi connectivity index (χ4v) is 2.38. The summed E-state index contributed by atoms with van der Waals surface area (Å²) in [5.41, 5.74) is 1.20. The second kappa shape index (κ2) is 10.1. The summed E-state index contributed by atoms with van der Waals surface area (Å²) < 4.78 is 12.2. The Morgan fingerprint density at radius 1 is 1.10 bits per heavy atom. The van der Waals surface area contributed by atoms with Gasteiger partial charge in [0, 0.05) is 11.0 Å². The molecule has 0 fully saturated rings. The summed E-state index contributed by atoms with van der Waals surface area (Å²) in [5.74, 6) is 1.60. The molecule has 20 heavy (non-hydrogen) atoms. The van der Waals surface area contributed by atoms with E-state index in [1.54, 1.807) is 7.11 Å². The van der Waals surface area contributed by atoms with Gasteiger partial charge < -0.3 is 14.8 Å². The summed E-state index contributed by atoms with van der Waals surface area (Å²) in [4.78, 5) is 0. The van der Waals surface area contributed by atoms with Gasteiger partial charge in [-0.15, -0.1) is 0 Å². The highest BCUT2D eigenvalue weighted by Gasteiger charge is 2.10. The smallest absolute Gasteiger partial charge is 0.162 e. The van der Waals surface area contributed by atoms with Gasteiger partial charge in [-0.25, -0.2) is 0 Å². The molecule has 0 radical (unpaired) electrons. The van der Waals surface area contributed by atoms with Gasteiger partial charge in [-0.3, -0.25) is 0 Å². The molecule has 1 rings (SSSR count). The highest BCUT2D eigenvalue weighted by Crippen LogP contribution is 2.33. The maximum absolute atomic E-state index is 5.70. The largest absolute Gasteiger partial charge is 0.493 e. The average Bonchev–Trinajstić information content (AvgIpc) is 2.46. The molecule has 114 valence electrons. The van der Waals surface area contributed by atoms with Gasteiger partial charge in [0.05, 0.1) is 13.7 Å². The van der Waals surface area contributed by atoms with E-state index in [0.29, 0.717) is 6.61 Å². The Morgan fingerprint density at radius 3 is 2.55 bits per heavy atom. The van der Waals surface area contributed by atoms with Crippen LogP contribution in [0.15, 0.2) is 16.6 Å². The van der Waals surface area contributed by atoms with Crippen molar-refractivity contribution in [1.29, 1.82) is 0 Å². The number of methoxy groups -OCH3 is 1. The summed E-state index contributed by atoms with van der Waals surface area (Å²) in [6.07, 6.45) is 4.74. The van der Waals surface area contributed by atoms with Crippen LogP contribution in [-0.2, 0) is 6.54 Å². The third-order valence-electron chi connectivity index (χ3n) is 3.07. The number of benzene rings is 1. The van der Waals surface area contributed by atoms with Crippen molar-refractivity contribution in [2.45, 2.75) is 46.1 Å². The number of nitrogens with one attached hydrogen (secondary N) is 1. The molecule has 0 saturated heterocycles. The first-order valence-electron chi connectivity index (χ1n) is 7.42. The van der Waals surface area contributed by atoms with E-state index in [4.69, 9.17) is 9.47 Å². The van der Waals surface area contributed by atoms with Crippen LogP contribution in [0.1, 0.15) is 45.1 Å². The Labute approximate surface area is 131 Å². The van der Waals surface area contributed by atoms with Crippen LogP contribution in [0.3, 0.4) is 0 Å². The zero-order valence-electron chi connectivity index (χ0n) is 12.8. The fourth-order valence-electron chi connectivity index (χ4n) is 1.92. The van der Waals surface area contributed by atoms with Crippen molar-refractivity contribution in [3.05, 3.63) is 22.2 Å². The van der Waals surface area contributed by atoms with E-state index >= 15 is 0 Å². The van der Waals surface area contributed by atoms with Crippen LogP contribution in [0.4, 0.5) is 0 Å². The minimum atomic E-state index is 0.706. The van der Waals surface area contributed by atoms with Gasteiger partial charge in [0.15, 0.2) is 11.5 Å². The normalized spacial score (nSPS) is 10.6. The highest BCUT2D eigenvalue weighted by molar-refractivity contribution is 9.10. The van der Waals surface area contributed by atoms with Crippen LogP contribution >= 0.6 is 15.9 Å². The second-order valence-corrected chi connectivity index (χ2v) is 5.68. The van der Waals surface area contributed by atoms with Gasteiger partial charge in [-0.2, -0.15) is 0 Å². The van der Waals surface area contributed by atoms with Crippen LogP contribution in [0.2, 0.25) is 0 Å². The van der Waals surface area contributed by atoms with Gasteiger partial charge in [0.1, 0.15) is 0 Å². The number of hydrogen-bond donors (Lipinski definition) is 1. The van der Waals surface area contributed by atoms with Crippen LogP contribution < -0.4 is 14.8 Å². The number of halogens is 1. The molecule has 0 spiro atoms. The molecule has 0 heterocycles. The first kappa shape index (κ1) is 17.3. The summed E-state index contributed by atoms with van der Waals surface area (Å²) in [6.45, 7) is 6.91. The van der Waals surface area contributed by atoms with Gasteiger partial charge in [-0.1, -0.05) is 42.6 Å². The van der Waals surface area contributed by atoms with E-state index in [1.807, 2.05) is 12.1 Å². The van der Waals surface area contributed by atoms with Gasteiger partial charge in [0.2, 0.25) is 0 Å². The monoisotopic (exact) mass is 343 g/mol. The van der Waals surface area contributed by atoms with Crippen molar-refractivity contribution in [2.24, 2.45) is 0 Å². The third kappa shape index (κ3) is 5.71. The molecular formula is C16H26BrNO2. The molecular weight excluding hydrogens is 318 g/mol. The zero-order chi connectivity index (χ0) is 14.8. The average molecular weight is 344 g/mol. The molecule has 0 unspecified atom stereocenters. The van der Waals surface area contributed by atoms with Crippen molar-refractivity contribution in [1.82, 2.24) is 5.32 Å². The number of unbranched alkanes of at least 4 members (excludes halogenated alkanes) is 2. The Morgan fingerprint density at radius 2 is 1.90 bits per heavy atom. The molecule has 1 aromatic rings. The second-order valence-electron chi connectivity index (χ2n) is 4.83. The molecule has 0 amide bonds. The van der Waals surface area contributed by atoms with Gasteiger partial charge in [-0.05, 0) is 37.1 Å². The number of ether oxygens (including phenoxy) is 2. The van der Waals surface area contributed by atoms with Gasteiger partial charge in [0.25, 0.3) is 0 Å². The predicted molar refractivity (Wildman–Crippen MR) is 87.7 cm³/mol. The summed E-state index contributed by atoms with van der Waals surface area (Å²) >= 11 is 3.61. The lowest BCUT2D eigenvalue weighted by atomic mass is 10.2. The first-order chi connectivity index (χ1) is 9.72. The minimum absolute atomic E-state index is 0.706. The molecule has 0 aliphatic heterocycles. The third-order valence-corrected chi connectivity index (χ3v) is 3.81. The zero-order valence-corrected chi connectivity index (χ0v) is 14.4. The Balaban J connectivity index is 2.62. The lowest BCUT2D eigenvalue weighted by Crippen LogP contribution is -2.15. The summed E-state index contributed by atoms with van der Waals surface area (Å²) in [7, 11) is 1.68. The maximum Gasteiger partial charge on any atom is 0.162 e. The first-order valence-corrected chi connectivity index (χ1v) is 8.22. The molecule has 1 N–H and O–H groups in total. The number of hydrogen-bond acceptors (Lipinski definition) is 3. The Bertz CT molecular complexity index is 396. The fraction of sp³-hybridized carbons (Fsp3) is 0.625. The highest BCUT2D eigenvalue weighted by atomic mass is 79.9. The Kier molecular flexibility index (Phi) is 8.70. The van der Waals surface area contributed by atoms with Crippen LogP contribution in [0.5, 0.6) is 11.5 Å². The lowest BCUT2D eigenvalue weighted by molar-refractivity contribution is 0.294. The van der Waals surface area contributed by atoms with E-state index < -0.39 is 0 Å². The van der Waals surface area contributed by atoms with E-state index in [0.717, 1.165) is 35.5 Å². The summed E-state index contributed by atoms with van der Waals surface area (Å²) in [6, 6.07) is 4.04. The molecule has 3 nitrogen and oxygen atoms in total. The van der Waals surface area contributed by atoms with Crippen LogP contribution in [-0.4, -0.2) is 20.3 Å². The standard InChI is InChI=1S/C16H26BrNO2/c1-4-6-7-8-18-12-13-10-15(19-3)16(11-14(13)17)20-9-5-2/h10-11,18H,4-9,12H2,1-3H3. The molecule has 0 bridgehead atoms. The van der Waals surface area contributed by atoms with Crippen molar-refractivity contribution in [3.8, 4) is 11.5 Å². The van der Waals surface area contributed by atoms with E-state index in [9.17, 15) is 0 Å². The van der Waals surface area contributed by atoms with Crippen LogP contribution in [0, 0.1) is 0 Å². The van der Waals surface area contributed by atoms with Gasteiger partial charge >= 0.3 is 0 Å². The van der Waals surface area contributed by atoms with E-state index in [-0.39, 0.29) is 0 Å².